The first-order valence-corrected chi connectivity index (χ1v) is 0. The van der Waals surface area contributed by atoms with E-state index >= 15 is 0 Å². The summed E-state index contributed by atoms with van der Waals surface area (Å²) < 4.78 is 0. The molecule has 0 fully saturated rings. The van der Waals surface area contributed by atoms with Gasteiger partial charge in [-0.05, 0) is 0 Å². The molecule has 0 aromatic carbocycles. The number of hydrogen-bond donors (Lipinski definition) is 0. The van der Waals surface area contributed by atoms with E-state index in [1.165, 1.54) is 0 Å². The quantitative estimate of drug-likeness (QED) is 0.332. The molecule has 0 radical (unpaired) electrons. The van der Waals surface area contributed by atoms with Crippen LogP contribution in [-0.4, -0.2) is 88.7 Å². The summed E-state index contributed by atoms with van der Waals surface area (Å²) in [6, 6.07) is 0. The van der Waals surface area contributed by atoms with Crippen LogP contribution in [0.3, 0.4) is 0 Å². The van der Waals surface area contributed by atoms with Crippen LogP contribution < -0.4 is 0 Å². The van der Waals surface area contributed by atoms with Gasteiger partial charge in [0.15, 0.2) is 0 Å². The van der Waals surface area contributed by atoms with Gasteiger partial charge in [-0.15, -0.1) is 0 Å². The Morgan fingerprint density at radius 1 is 0.500 bits per heavy atom. The van der Waals surface area contributed by atoms with Crippen LogP contribution in [0.1, 0.15) is 0 Å². The summed E-state index contributed by atoms with van der Waals surface area (Å²) in [7, 11) is 0. The fourth-order valence-electron chi connectivity index (χ4n) is 0. The molecule has 0 amide bonds. The molecule has 0 rings (SSSR count). The third-order valence-corrected chi connectivity index (χ3v) is 0. The zero-order valence-electron chi connectivity index (χ0n) is 0.354. The molecule has 4 heteroatoms. The van der Waals surface area contributed by atoms with Crippen LogP contribution >= 0.6 is 0 Å². The van der Waals surface area contributed by atoms with Gasteiger partial charge in [-0.25, -0.2) is 0 Å². The van der Waals surface area contributed by atoms with Crippen molar-refractivity contribution in [3.8, 4) is 0 Å². The molecule has 0 nitrogen and oxygen atoms in total. The molecule has 0 aliphatic rings. The van der Waals surface area contributed by atoms with Crippen LogP contribution in [0.4, 0.5) is 0 Å². The summed E-state index contributed by atoms with van der Waals surface area (Å²) >= 11 is 0. The topological polar surface area (TPSA) is 0 Å². The van der Waals surface area contributed by atoms with Crippen LogP contribution in [-0.2, 0) is 17.1 Å². The maximum atomic E-state index is 0. The first kappa shape index (κ1) is 25.8. The summed E-state index contributed by atoms with van der Waals surface area (Å²) in [5.74, 6) is 0. The Morgan fingerprint density at radius 2 is 0.500 bits per heavy atom. The van der Waals surface area contributed by atoms with E-state index in [-0.39, 0.29) is 106 Å². The molecule has 0 saturated carbocycles. The van der Waals surface area contributed by atoms with E-state index in [1.807, 2.05) is 0 Å². The van der Waals surface area contributed by atoms with Gasteiger partial charge in [0.25, 0.3) is 0 Å². The SMILES string of the molecule is [Fe].[NaH].[NaH].[NaH]. The van der Waals surface area contributed by atoms with E-state index in [2.05, 4.69) is 0 Å². The summed E-state index contributed by atoms with van der Waals surface area (Å²) in [6.45, 7) is 0. The van der Waals surface area contributed by atoms with Gasteiger partial charge in [0.1, 0.15) is 0 Å². The van der Waals surface area contributed by atoms with E-state index in [4.69, 9.17) is 0 Å². The van der Waals surface area contributed by atoms with Gasteiger partial charge in [0.2, 0.25) is 0 Å². The van der Waals surface area contributed by atoms with Crippen molar-refractivity contribution in [1.29, 1.82) is 0 Å². The van der Waals surface area contributed by atoms with Crippen molar-refractivity contribution < 1.29 is 17.1 Å². The summed E-state index contributed by atoms with van der Waals surface area (Å²) in [4.78, 5) is 0. The Labute approximate surface area is 103 Å². The zero-order valence-corrected chi connectivity index (χ0v) is 1.46. The molecule has 0 heterocycles. The van der Waals surface area contributed by atoms with Gasteiger partial charge in [-0.3, -0.25) is 0 Å². The van der Waals surface area contributed by atoms with E-state index in [0.717, 1.165) is 0 Å². The monoisotopic (exact) mass is 128 g/mol. The third kappa shape index (κ3) is 9.10. The minimum absolute atomic E-state index is 0. The second-order valence-corrected chi connectivity index (χ2v) is 0. The average molecular weight is 128 g/mol. The molecule has 0 aromatic heterocycles. The molecule has 0 N–H and O–H groups in total. The van der Waals surface area contributed by atoms with Crippen LogP contribution in [0, 0.1) is 0 Å². The van der Waals surface area contributed by atoms with E-state index in [1.54, 1.807) is 0 Å². The first-order chi connectivity index (χ1) is 0. The molecule has 0 aliphatic heterocycles. The van der Waals surface area contributed by atoms with E-state index in [0.29, 0.717) is 0 Å². The van der Waals surface area contributed by atoms with Crippen LogP contribution in [0.15, 0.2) is 0 Å². The molecule has 14 valence electrons. The van der Waals surface area contributed by atoms with Crippen molar-refractivity contribution in [2.45, 2.75) is 0 Å². The summed E-state index contributed by atoms with van der Waals surface area (Å²) in [5, 5.41) is 0. The summed E-state index contributed by atoms with van der Waals surface area (Å²) in [5.41, 5.74) is 0. The maximum absolute atomic E-state index is 0. The van der Waals surface area contributed by atoms with Crippen LogP contribution in [0.5, 0.6) is 0 Å². The summed E-state index contributed by atoms with van der Waals surface area (Å²) in [6.07, 6.45) is 0. The fourth-order valence-corrected chi connectivity index (χ4v) is 0. The molecule has 4 heavy (non-hydrogen) atoms. The predicted molar refractivity (Wildman–Crippen MR) is 21.4 cm³/mol. The molecule has 0 atom stereocenters. The molecule has 0 aliphatic carbocycles. The first-order valence-electron chi connectivity index (χ1n) is 0. The Balaban J connectivity index is 0. The normalized spacial score (nSPS) is 0. The molecule has 0 bridgehead atoms. The molecule has 0 spiro atoms. The van der Waals surface area contributed by atoms with Gasteiger partial charge >= 0.3 is 88.7 Å². The average Bonchev–Trinajstić information content (AvgIpc) is 0. The predicted octanol–water partition coefficient (Wildman–Crippen LogP) is -1.95. The van der Waals surface area contributed by atoms with Crippen LogP contribution in [0.2, 0.25) is 0 Å². The Morgan fingerprint density at radius 3 is 0.500 bits per heavy atom. The molecule has 0 unspecified atom stereocenters. The Hall–Kier alpha value is 3.52. The van der Waals surface area contributed by atoms with E-state index in [9.17, 15) is 0 Å². The van der Waals surface area contributed by atoms with Gasteiger partial charge in [0, 0.05) is 17.1 Å². The second-order valence-electron chi connectivity index (χ2n) is 0. The van der Waals surface area contributed by atoms with Crippen molar-refractivity contribution in [3.05, 3.63) is 0 Å². The van der Waals surface area contributed by atoms with E-state index < -0.39 is 0 Å². The van der Waals surface area contributed by atoms with Gasteiger partial charge in [-0.2, -0.15) is 0 Å². The van der Waals surface area contributed by atoms with Crippen LogP contribution in [0.25, 0.3) is 0 Å². The molecular formula is H3FeNa3. The molecule has 0 aromatic rings. The van der Waals surface area contributed by atoms with Crippen molar-refractivity contribution in [1.82, 2.24) is 0 Å². The standard InChI is InChI=1S/Fe.3Na.3H. The van der Waals surface area contributed by atoms with Crippen molar-refractivity contribution in [2.24, 2.45) is 0 Å². The third-order valence-electron chi connectivity index (χ3n) is 0. The van der Waals surface area contributed by atoms with Gasteiger partial charge < -0.3 is 0 Å². The molecular weight excluding hydrogens is 125 g/mol. The minimum atomic E-state index is 0. The van der Waals surface area contributed by atoms with Gasteiger partial charge in [0.05, 0.1) is 0 Å². The second kappa shape index (κ2) is 16.0. The Bertz CT molecular complexity index is 3.25. The van der Waals surface area contributed by atoms with Crippen molar-refractivity contribution in [2.75, 3.05) is 0 Å². The van der Waals surface area contributed by atoms with Crippen molar-refractivity contribution in [3.63, 3.8) is 0 Å². The molecule has 0 saturated heterocycles. The zero-order chi connectivity index (χ0) is 0. The number of hydrogen-bond acceptors (Lipinski definition) is 0. The van der Waals surface area contributed by atoms with Gasteiger partial charge in [-0.1, -0.05) is 0 Å². The Kier molecular flexibility index (Phi) is 103. The van der Waals surface area contributed by atoms with Crippen molar-refractivity contribution >= 4 is 88.7 Å². The number of rotatable bonds is 0. The fraction of sp³-hybridized carbons (Fsp3) is 0.